The lowest BCUT2D eigenvalue weighted by molar-refractivity contribution is -0.116. The van der Waals surface area contributed by atoms with Gasteiger partial charge in [0.15, 0.2) is 11.5 Å². The van der Waals surface area contributed by atoms with E-state index in [1.54, 1.807) is 43.3 Å². The Kier molecular flexibility index (Phi) is 5.19. The monoisotopic (exact) mass is 379 g/mol. The van der Waals surface area contributed by atoms with Crippen molar-refractivity contribution in [1.82, 2.24) is 4.72 Å². The van der Waals surface area contributed by atoms with Gasteiger partial charge in [0.25, 0.3) is 10.0 Å². The second-order valence-corrected chi connectivity index (χ2v) is 8.09. The molecule has 1 N–H and O–H groups in total. The zero-order chi connectivity index (χ0) is 17.9. The minimum Gasteiger partial charge on any atom is -0.486 e. The van der Waals surface area contributed by atoms with Crippen molar-refractivity contribution in [3.63, 3.8) is 0 Å². The fraction of sp³-hybridized carbons (Fsp3) is 0.235. The molecule has 0 saturated carbocycles. The van der Waals surface area contributed by atoms with Gasteiger partial charge in [-0.2, -0.15) is 0 Å². The molecule has 0 atom stereocenters. The molecular formula is C17H17NO5S2. The fourth-order valence-electron chi connectivity index (χ4n) is 2.35. The Morgan fingerprint density at radius 2 is 1.84 bits per heavy atom. The SMILES string of the molecule is Cc1ccccc1S(=O)(=O)NC(=O)CSc1ccc2c(c1)OCCO2. The number of fused-ring (bicyclic) bond motifs is 1. The van der Waals surface area contributed by atoms with Gasteiger partial charge < -0.3 is 9.47 Å². The molecule has 0 radical (unpaired) electrons. The van der Waals surface area contributed by atoms with Crippen molar-refractivity contribution >= 4 is 27.7 Å². The minimum atomic E-state index is -3.87. The van der Waals surface area contributed by atoms with E-state index in [9.17, 15) is 13.2 Å². The number of aryl methyl sites for hydroxylation is 1. The van der Waals surface area contributed by atoms with Crippen LogP contribution in [0.15, 0.2) is 52.3 Å². The van der Waals surface area contributed by atoms with Crippen molar-refractivity contribution in [3.05, 3.63) is 48.0 Å². The largest absolute Gasteiger partial charge is 0.486 e. The van der Waals surface area contributed by atoms with Gasteiger partial charge in [0.1, 0.15) is 13.2 Å². The molecule has 1 aliphatic rings. The van der Waals surface area contributed by atoms with Crippen molar-refractivity contribution in [2.24, 2.45) is 0 Å². The van der Waals surface area contributed by atoms with E-state index < -0.39 is 15.9 Å². The van der Waals surface area contributed by atoms with Crippen LogP contribution in [-0.2, 0) is 14.8 Å². The molecule has 3 rings (SSSR count). The Morgan fingerprint density at radius 3 is 2.60 bits per heavy atom. The average molecular weight is 379 g/mol. The molecule has 0 saturated heterocycles. The number of hydrogen-bond acceptors (Lipinski definition) is 6. The summed E-state index contributed by atoms with van der Waals surface area (Å²) in [6.45, 7) is 2.68. The van der Waals surface area contributed by atoms with Crippen LogP contribution in [0.1, 0.15) is 5.56 Å². The first kappa shape index (κ1) is 17.6. The smallest absolute Gasteiger partial charge is 0.264 e. The van der Waals surface area contributed by atoms with Gasteiger partial charge in [-0.15, -0.1) is 11.8 Å². The highest BCUT2D eigenvalue weighted by molar-refractivity contribution is 8.00. The van der Waals surface area contributed by atoms with Gasteiger partial charge in [-0.05, 0) is 36.8 Å². The molecule has 0 aromatic heterocycles. The highest BCUT2D eigenvalue weighted by Crippen LogP contribution is 2.34. The Morgan fingerprint density at radius 1 is 1.12 bits per heavy atom. The molecule has 25 heavy (non-hydrogen) atoms. The van der Waals surface area contributed by atoms with Gasteiger partial charge in [-0.25, -0.2) is 13.1 Å². The number of carbonyl (C=O) groups excluding carboxylic acids is 1. The summed E-state index contributed by atoms with van der Waals surface area (Å²) >= 11 is 1.23. The molecule has 0 fully saturated rings. The number of sulfonamides is 1. The second kappa shape index (κ2) is 7.37. The molecule has 1 heterocycles. The zero-order valence-electron chi connectivity index (χ0n) is 13.5. The Labute approximate surface area is 150 Å². The molecule has 2 aromatic carbocycles. The van der Waals surface area contributed by atoms with E-state index in [2.05, 4.69) is 4.72 Å². The third-order valence-electron chi connectivity index (χ3n) is 3.51. The Hall–Kier alpha value is -2.19. The molecule has 1 amide bonds. The van der Waals surface area contributed by atoms with Gasteiger partial charge in [0, 0.05) is 4.90 Å². The predicted molar refractivity (Wildman–Crippen MR) is 94.7 cm³/mol. The predicted octanol–water partition coefficient (Wildman–Crippen LogP) is 2.36. The van der Waals surface area contributed by atoms with Gasteiger partial charge in [-0.3, -0.25) is 4.79 Å². The minimum absolute atomic E-state index is 0.0231. The number of thioether (sulfide) groups is 1. The first-order valence-electron chi connectivity index (χ1n) is 7.59. The first-order chi connectivity index (χ1) is 12.0. The molecule has 0 aliphatic carbocycles. The first-order valence-corrected chi connectivity index (χ1v) is 10.1. The lowest BCUT2D eigenvalue weighted by Crippen LogP contribution is -2.32. The molecule has 0 unspecified atom stereocenters. The second-order valence-electron chi connectivity index (χ2n) is 5.39. The number of hydrogen-bond donors (Lipinski definition) is 1. The summed E-state index contributed by atoms with van der Waals surface area (Å²) in [5, 5.41) is 0. The summed E-state index contributed by atoms with van der Waals surface area (Å²) in [6, 6.07) is 11.9. The van der Waals surface area contributed by atoms with Crippen LogP contribution < -0.4 is 14.2 Å². The normalized spacial score (nSPS) is 13.3. The lowest BCUT2D eigenvalue weighted by atomic mass is 10.2. The molecule has 6 nitrogen and oxygen atoms in total. The van der Waals surface area contributed by atoms with Crippen molar-refractivity contribution in [1.29, 1.82) is 0 Å². The highest BCUT2D eigenvalue weighted by Gasteiger charge is 2.19. The van der Waals surface area contributed by atoms with Crippen LogP contribution in [0.3, 0.4) is 0 Å². The van der Waals surface area contributed by atoms with Gasteiger partial charge >= 0.3 is 0 Å². The summed E-state index contributed by atoms with van der Waals surface area (Å²) in [6.07, 6.45) is 0. The third-order valence-corrected chi connectivity index (χ3v) is 6.04. The molecule has 132 valence electrons. The van der Waals surface area contributed by atoms with E-state index in [1.807, 2.05) is 0 Å². The molecule has 0 spiro atoms. The number of amides is 1. The summed E-state index contributed by atoms with van der Waals surface area (Å²) < 4.78 is 37.6. The van der Waals surface area contributed by atoms with Crippen LogP contribution in [0.4, 0.5) is 0 Å². The standard InChI is InChI=1S/C17H17NO5S2/c1-12-4-2-3-5-16(12)25(20,21)18-17(19)11-24-13-6-7-14-15(10-13)23-9-8-22-14/h2-7,10H,8-9,11H2,1H3,(H,18,19). The van der Waals surface area contributed by atoms with E-state index in [1.165, 1.54) is 17.8 Å². The molecule has 8 heteroatoms. The summed E-state index contributed by atoms with van der Waals surface area (Å²) in [5.41, 5.74) is 0.585. The maximum atomic E-state index is 12.3. The van der Waals surface area contributed by atoms with Crippen LogP contribution in [0.25, 0.3) is 0 Å². The number of nitrogens with one attached hydrogen (secondary N) is 1. The summed E-state index contributed by atoms with van der Waals surface area (Å²) in [4.78, 5) is 12.9. The van der Waals surface area contributed by atoms with Crippen molar-refractivity contribution in [3.8, 4) is 11.5 Å². The number of rotatable bonds is 5. The molecule has 0 bridgehead atoms. The van der Waals surface area contributed by atoms with Crippen molar-refractivity contribution < 1.29 is 22.7 Å². The van der Waals surface area contributed by atoms with Crippen LogP contribution in [0, 0.1) is 6.92 Å². The van der Waals surface area contributed by atoms with Crippen LogP contribution in [0.5, 0.6) is 11.5 Å². The topological polar surface area (TPSA) is 81.7 Å². The van der Waals surface area contributed by atoms with Gasteiger partial charge in [0.05, 0.1) is 10.6 Å². The maximum Gasteiger partial charge on any atom is 0.264 e. The van der Waals surface area contributed by atoms with Gasteiger partial charge in [0.2, 0.25) is 5.91 Å². The quantitative estimate of drug-likeness (QED) is 0.803. The van der Waals surface area contributed by atoms with Crippen molar-refractivity contribution in [2.45, 2.75) is 16.7 Å². The molecule has 1 aliphatic heterocycles. The number of carbonyl (C=O) groups is 1. The summed E-state index contributed by atoms with van der Waals surface area (Å²) in [7, 11) is -3.87. The van der Waals surface area contributed by atoms with E-state index >= 15 is 0 Å². The lowest BCUT2D eigenvalue weighted by Gasteiger charge is -2.18. The van der Waals surface area contributed by atoms with E-state index in [0.29, 0.717) is 30.3 Å². The van der Waals surface area contributed by atoms with E-state index in [-0.39, 0.29) is 10.6 Å². The van der Waals surface area contributed by atoms with Gasteiger partial charge in [-0.1, -0.05) is 18.2 Å². The van der Waals surface area contributed by atoms with E-state index in [4.69, 9.17) is 9.47 Å². The highest BCUT2D eigenvalue weighted by atomic mass is 32.2. The van der Waals surface area contributed by atoms with E-state index in [0.717, 1.165) is 4.90 Å². The Balaban J connectivity index is 1.62. The maximum absolute atomic E-state index is 12.3. The van der Waals surface area contributed by atoms with Crippen molar-refractivity contribution in [2.75, 3.05) is 19.0 Å². The molecule has 2 aromatic rings. The summed E-state index contributed by atoms with van der Waals surface area (Å²) in [5.74, 6) is 0.694. The molecular weight excluding hydrogens is 362 g/mol. The number of ether oxygens (including phenoxy) is 2. The van der Waals surface area contributed by atoms with Crippen LogP contribution in [-0.4, -0.2) is 33.3 Å². The van der Waals surface area contributed by atoms with Crippen LogP contribution in [0.2, 0.25) is 0 Å². The fourth-order valence-corrected chi connectivity index (χ4v) is 4.40. The number of benzene rings is 2. The van der Waals surface area contributed by atoms with Crippen LogP contribution >= 0.6 is 11.8 Å². The third kappa shape index (κ3) is 4.26. The average Bonchev–Trinajstić information content (AvgIpc) is 2.59. The zero-order valence-corrected chi connectivity index (χ0v) is 15.2. The Bertz CT molecular complexity index is 896.